The molecule has 1 heterocycles. The number of halogens is 5. The Labute approximate surface area is 177 Å². The topological polar surface area (TPSA) is 113 Å². The zero-order valence-corrected chi connectivity index (χ0v) is 16.2. The van der Waals surface area contributed by atoms with Crippen molar-refractivity contribution < 1.29 is 31.5 Å². The lowest BCUT2D eigenvalue weighted by atomic mass is 10.0. The van der Waals surface area contributed by atoms with Crippen LogP contribution in [0.25, 0.3) is 0 Å². The molecule has 3 amide bonds. The first-order valence-corrected chi connectivity index (χ1v) is 9.09. The van der Waals surface area contributed by atoms with E-state index in [1.807, 2.05) is 0 Å². The molecule has 5 N–H and O–H groups in total. The van der Waals surface area contributed by atoms with E-state index in [4.69, 9.17) is 5.73 Å². The molecule has 0 saturated heterocycles. The third kappa shape index (κ3) is 5.59. The third-order valence-corrected chi connectivity index (χ3v) is 4.41. The first-order valence-electron chi connectivity index (χ1n) is 9.09. The molecule has 0 aliphatic rings. The number of nitrogens with two attached hydrogens (primary N) is 1. The number of nitrogens with one attached hydrogen (secondary N) is 3. The van der Waals surface area contributed by atoms with Crippen LogP contribution < -0.4 is 16.4 Å². The van der Waals surface area contributed by atoms with Gasteiger partial charge in [0.1, 0.15) is 17.3 Å². The summed E-state index contributed by atoms with van der Waals surface area (Å²) in [5.74, 6) is -2.63. The maximum Gasteiger partial charge on any atom is 0.416 e. The first-order chi connectivity index (χ1) is 15.0. The molecular weight excluding hydrogens is 437 g/mol. The Morgan fingerprint density at radius 2 is 1.78 bits per heavy atom. The van der Waals surface area contributed by atoms with Gasteiger partial charge in [-0.1, -0.05) is 0 Å². The predicted octanol–water partition coefficient (Wildman–Crippen LogP) is 4.23. The van der Waals surface area contributed by atoms with E-state index in [-0.39, 0.29) is 23.9 Å². The van der Waals surface area contributed by atoms with Crippen molar-refractivity contribution in [2.45, 2.75) is 19.0 Å². The van der Waals surface area contributed by atoms with Gasteiger partial charge in [0.2, 0.25) is 0 Å². The number of aromatic amines is 1. The van der Waals surface area contributed by atoms with E-state index in [1.165, 1.54) is 18.3 Å². The molecule has 0 saturated carbocycles. The van der Waals surface area contributed by atoms with Crippen molar-refractivity contribution in [1.82, 2.24) is 10.2 Å². The van der Waals surface area contributed by atoms with Crippen molar-refractivity contribution in [1.29, 1.82) is 0 Å². The van der Waals surface area contributed by atoms with Gasteiger partial charge in [0, 0.05) is 11.3 Å². The number of urea groups is 1. The first kappa shape index (κ1) is 22.7. The van der Waals surface area contributed by atoms with Crippen molar-refractivity contribution in [2.24, 2.45) is 5.73 Å². The molecule has 0 unspecified atom stereocenters. The zero-order chi connectivity index (χ0) is 23.5. The van der Waals surface area contributed by atoms with Gasteiger partial charge in [-0.2, -0.15) is 18.3 Å². The highest BCUT2D eigenvalue weighted by Crippen LogP contribution is 2.31. The number of aryl methyl sites for hydroxylation is 2. The van der Waals surface area contributed by atoms with Gasteiger partial charge < -0.3 is 16.4 Å². The molecule has 0 radical (unpaired) electrons. The molecule has 0 spiro atoms. The number of alkyl halides is 3. The molecular formula is C20H16F5N5O2. The molecule has 32 heavy (non-hydrogen) atoms. The predicted molar refractivity (Wildman–Crippen MR) is 105 cm³/mol. The van der Waals surface area contributed by atoms with Crippen molar-refractivity contribution in [3.05, 3.63) is 76.6 Å². The quantitative estimate of drug-likeness (QED) is 0.419. The normalized spacial score (nSPS) is 11.3. The van der Waals surface area contributed by atoms with Crippen LogP contribution in [-0.4, -0.2) is 22.1 Å². The maximum atomic E-state index is 14.0. The zero-order valence-electron chi connectivity index (χ0n) is 16.2. The Bertz CT molecular complexity index is 1160. The molecule has 168 valence electrons. The molecule has 0 fully saturated rings. The molecule has 0 atom stereocenters. The molecule has 12 heteroatoms. The minimum absolute atomic E-state index is 0.0344. The van der Waals surface area contributed by atoms with E-state index < -0.39 is 41.0 Å². The highest BCUT2D eigenvalue weighted by molar-refractivity contribution is 5.99. The standard InChI is InChI=1S/C20H16F5N5O2/c21-13-5-10(1-2-11-9-27-30-17(11)18(26)31)6-14(8-13)28-19(32)29-16-4-3-12(7-15(16)22)20(23,24)25/h3-9H,1-2H2,(H2,26,31)(H,27,30)(H2,28,29,32). The average Bonchev–Trinajstić information content (AvgIpc) is 3.15. The van der Waals surface area contributed by atoms with Crippen LogP contribution in [0.3, 0.4) is 0 Å². The molecule has 0 aliphatic carbocycles. The van der Waals surface area contributed by atoms with Crippen LogP contribution in [0.1, 0.15) is 27.2 Å². The molecule has 1 aromatic heterocycles. The fourth-order valence-corrected chi connectivity index (χ4v) is 2.94. The Kier molecular flexibility index (Phi) is 6.42. The number of hydrogen-bond donors (Lipinski definition) is 4. The number of aromatic nitrogens is 2. The summed E-state index contributed by atoms with van der Waals surface area (Å²) < 4.78 is 65.7. The summed E-state index contributed by atoms with van der Waals surface area (Å²) in [5.41, 5.74) is 4.72. The molecule has 3 aromatic rings. The van der Waals surface area contributed by atoms with E-state index in [0.29, 0.717) is 23.6 Å². The fraction of sp³-hybridized carbons (Fsp3) is 0.150. The smallest absolute Gasteiger partial charge is 0.364 e. The molecule has 3 rings (SSSR count). The van der Waals surface area contributed by atoms with Crippen LogP contribution in [-0.2, 0) is 19.0 Å². The summed E-state index contributed by atoms with van der Waals surface area (Å²) in [6, 6.07) is 4.36. The minimum Gasteiger partial charge on any atom is -0.364 e. The number of anilines is 2. The highest BCUT2D eigenvalue weighted by atomic mass is 19.4. The van der Waals surface area contributed by atoms with Crippen molar-refractivity contribution in [3.8, 4) is 0 Å². The number of nitrogens with zero attached hydrogens (tertiary/aromatic N) is 1. The van der Waals surface area contributed by atoms with E-state index in [1.54, 1.807) is 0 Å². The van der Waals surface area contributed by atoms with Crippen molar-refractivity contribution >= 4 is 23.3 Å². The number of primary amides is 1. The van der Waals surface area contributed by atoms with Crippen LogP contribution in [0.2, 0.25) is 0 Å². The van der Waals surface area contributed by atoms with Gasteiger partial charge >= 0.3 is 12.2 Å². The molecule has 2 aromatic carbocycles. The molecule has 0 aliphatic heterocycles. The van der Waals surface area contributed by atoms with Gasteiger partial charge in [-0.3, -0.25) is 9.89 Å². The highest BCUT2D eigenvalue weighted by Gasteiger charge is 2.31. The summed E-state index contributed by atoms with van der Waals surface area (Å²) in [7, 11) is 0. The number of rotatable bonds is 6. The van der Waals surface area contributed by atoms with Gasteiger partial charge in [0.15, 0.2) is 0 Å². The van der Waals surface area contributed by atoms with E-state index >= 15 is 0 Å². The van der Waals surface area contributed by atoms with Crippen LogP contribution in [0.5, 0.6) is 0 Å². The van der Waals surface area contributed by atoms with Crippen LogP contribution >= 0.6 is 0 Å². The van der Waals surface area contributed by atoms with Crippen molar-refractivity contribution in [3.63, 3.8) is 0 Å². The lowest BCUT2D eigenvalue weighted by molar-refractivity contribution is -0.137. The summed E-state index contributed by atoms with van der Waals surface area (Å²) in [6.45, 7) is 0. The van der Waals surface area contributed by atoms with E-state index in [2.05, 4.69) is 20.8 Å². The number of benzene rings is 2. The summed E-state index contributed by atoms with van der Waals surface area (Å²) in [6.07, 6.45) is -2.72. The SMILES string of the molecule is NC(=O)c1[nH]ncc1CCc1cc(F)cc(NC(=O)Nc2ccc(C(F)(F)F)cc2F)c1. The second-order valence-corrected chi connectivity index (χ2v) is 6.75. The van der Waals surface area contributed by atoms with Gasteiger partial charge in [-0.15, -0.1) is 0 Å². The number of amides is 3. The number of carbonyl (C=O) groups excluding carboxylic acids is 2. The van der Waals surface area contributed by atoms with Crippen LogP contribution in [0, 0.1) is 11.6 Å². The van der Waals surface area contributed by atoms with Gasteiger partial charge in [0.05, 0.1) is 17.4 Å². The lowest BCUT2D eigenvalue weighted by Crippen LogP contribution is -2.20. The van der Waals surface area contributed by atoms with Gasteiger partial charge in [-0.25, -0.2) is 13.6 Å². The summed E-state index contributed by atoms with van der Waals surface area (Å²) in [4.78, 5) is 23.4. The van der Waals surface area contributed by atoms with Crippen LogP contribution in [0.15, 0.2) is 42.6 Å². The summed E-state index contributed by atoms with van der Waals surface area (Å²) in [5, 5.41) is 10.6. The Morgan fingerprint density at radius 1 is 1.03 bits per heavy atom. The van der Waals surface area contributed by atoms with E-state index in [9.17, 15) is 31.5 Å². The van der Waals surface area contributed by atoms with Crippen LogP contribution in [0.4, 0.5) is 38.1 Å². The van der Waals surface area contributed by atoms with Gasteiger partial charge in [-0.05, 0) is 54.8 Å². The Hall–Kier alpha value is -3.96. The Morgan fingerprint density at radius 3 is 2.44 bits per heavy atom. The second-order valence-electron chi connectivity index (χ2n) is 6.75. The minimum atomic E-state index is -4.73. The lowest BCUT2D eigenvalue weighted by Gasteiger charge is -2.12. The van der Waals surface area contributed by atoms with Crippen molar-refractivity contribution in [2.75, 3.05) is 10.6 Å². The maximum absolute atomic E-state index is 14.0. The number of H-pyrrole nitrogens is 1. The fourth-order valence-electron chi connectivity index (χ4n) is 2.94. The molecule has 7 nitrogen and oxygen atoms in total. The van der Waals surface area contributed by atoms with E-state index in [0.717, 1.165) is 12.1 Å². The number of carbonyl (C=O) groups is 2. The summed E-state index contributed by atoms with van der Waals surface area (Å²) >= 11 is 0. The van der Waals surface area contributed by atoms with Gasteiger partial charge in [0.25, 0.3) is 5.91 Å². The molecule has 0 bridgehead atoms. The average molecular weight is 453 g/mol. The second kappa shape index (κ2) is 9.04. The number of hydrogen-bond acceptors (Lipinski definition) is 3. The monoisotopic (exact) mass is 453 g/mol. The Balaban J connectivity index is 1.67. The largest absolute Gasteiger partial charge is 0.416 e. The third-order valence-electron chi connectivity index (χ3n) is 4.41.